The largest absolute Gasteiger partial charge is 0.390 e. The second-order valence-corrected chi connectivity index (χ2v) is 8.04. The topological polar surface area (TPSA) is 41.9 Å². The molecule has 29 heavy (non-hydrogen) atoms. The Kier molecular flexibility index (Phi) is 5.71. The summed E-state index contributed by atoms with van der Waals surface area (Å²) in [5, 5.41) is 6.08. The zero-order valence-electron chi connectivity index (χ0n) is 16.0. The van der Waals surface area contributed by atoms with Crippen LogP contribution < -0.4 is 0 Å². The molecule has 0 fully saturated rings. The van der Waals surface area contributed by atoms with Gasteiger partial charge in [0.05, 0.1) is 17.1 Å². The van der Waals surface area contributed by atoms with Gasteiger partial charge in [-0.1, -0.05) is 59.3 Å². The lowest BCUT2D eigenvalue weighted by Gasteiger charge is -2.24. The summed E-state index contributed by atoms with van der Waals surface area (Å²) in [6.07, 6.45) is 0.344. The molecule has 1 aliphatic rings. The maximum Gasteiger partial charge on any atom is 0.264 e. The fraction of sp³-hybridized carbons (Fsp3) is 0.217. The van der Waals surface area contributed by atoms with E-state index in [0.717, 1.165) is 11.3 Å². The van der Waals surface area contributed by atoms with E-state index in [2.05, 4.69) is 5.16 Å². The summed E-state index contributed by atoms with van der Waals surface area (Å²) in [5.74, 6) is -0.448. The third kappa shape index (κ3) is 4.54. The van der Waals surface area contributed by atoms with E-state index >= 15 is 0 Å². The van der Waals surface area contributed by atoms with Gasteiger partial charge in [-0.25, -0.2) is 4.39 Å². The summed E-state index contributed by atoms with van der Waals surface area (Å²) in [5.41, 5.74) is 3.55. The molecular weight excluding hydrogens is 387 g/mol. The first-order valence-corrected chi connectivity index (χ1v) is 10.3. The summed E-state index contributed by atoms with van der Waals surface area (Å²) in [7, 11) is 0. The number of nitrogens with zero attached hydrogens (tertiary/aromatic N) is 2. The molecule has 4 nitrogen and oxygen atoms in total. The van der Waals surface area contributed by atoms with Crippen molar-refractivity contribution in [2.24, 2.45) is 5.16 Å². The maximum atomic E-state index is 14.2. The first-order chi connectivity index (χ1) is 14.1. The van der Waals surface area contributed by atoms with Crippen molar-refractivity contribution in [1.29, 1.82) is 0 Å². The highest BCUT2D eigenvalue weighted by atomic mass is 32.1. The number of rotatable bonds is 6. The monoisotopic (exact) mass is 408 g/mol. The van der Waals surface area contributed by atoms with Crippen LogP contribution >= 0.6 is 11.3 Å². The number of hydrogen-bond acceptors (Lipinski definition) is 4. The quantitative estimate of drug-likeness (QED) is 0.574. The Morgan fingerprint density at radius 3 is 2.69 bits per heavy atom. The summed E-state index contributed by atoms with van der Waals surface area (Å²) < 4.78 is 14.2. The van der Waals surface area contributed by atoms with E-state index < -0.39 is 0 Å². The van der Waals surface area contributed by atoms with Crippen molar-refractivity contribution in [3.8, 4) is 0 Å². The number of amides is 1. The van der Waals surface area contributed by atoms with Gasteiger partial charge in [-0.05, 0) is 30.0 Å². The molecule has 1 aromatic heterocycles. The normalized spacial score (nSPS) is 15.7. The molecule has 0 radical (unpaired) electrons. The molecule has 0 saturated heterocycles. The van der Waals surface area contributed by atoms with Gasteiger partial charge in [0.25, 0.3) is 5.91 Å². The average molecular weight is 408 g/mol. The van der Waals surface area contributed by atoms with Crippen molar-refractivity contribution in [2.45, 2.75) is 26.0 Å². The third-order valence-corrected chi connectivity index (χ3v) is 5.74. The standard InChI is InChI=1S/C23H21FN2O2S/c1-16-8-10-17(11-9-16)21-13-19(28-25-21)15-26(23(27)22-7-4-12-29-22)14-18-5-2-3-6-20(18)24/h2-12,19H,13-15H2,1H3. The van der Waals surface area contributed by atoms with Crippen LogP contribution in [0.1, 0.15) is 32.8 Å². The first kappa shape index (κ1) is 19.3. The predicted molar refractivity (Wildman–Crippen MR) is 113 cm³/mol. The zero-order chi connectivity index (χ0) is 20.2. The van der Waals surface area contributed by atoms with Crippen molar-refractivity contribution >= 4 is 23.0 Å². The number of halogens is 1. The van der Waals surface area contributed by atoms with E-state index in [1.54, 1.807) is 29.2 Å². The molecule has 0 saturated carbocycles. The molecular formula is C23H21FN2O2S. The number of oxime groups is 1. The Morgan fingerprint density at radius 2 is 1.97 bits per heavy atom. The van der Waals surface area contributed by atoms with E-state index in [9.17, 15) is 9.18 Å². The highest BCUT2D eigenvalue weighted by molar-refractivity contribution is 7.12. The molecule has 0 N–H and O–H groups in total. The molecule has 2 heterocycles. The van der Waals surface area contributed by atoms with Crippen LogP contribution in [0.2, 0.25) is 0 Å². The molecule has 1 aliphatic heterocycles. The van der Waals surface area contributed by atoms with Crippen LogP contribution in [-0.2, 0) is 11.4 Å². The minimum atomic E-state index is -0.319. The van der Waals surface area contributed by atoms with Gasteiger partial charge >= 0.3 is 0 Å². The molecule has 1 atom stereocenters. The number of benzene rings is 2. The fourth-order valence-electron chi connectivity index (χ4n) is 3.30. The number of carbonyl (C=O) groups excluding carboxylic acids is 1. The SMILES string of the molecule is Cc1ccc(C2=NOC(CN(Cc3ccccc3F)C(=O)c3cccs3)C2)cc1. The molecule has 0 aliphatic carbocycles. The van der Waals surface area contributed by atoms with Gasteiger partial charge in [0.1, 0.15) is 5.82 Å². The second-order valence-electron chi connectivity index (χ2n) is 7.09. The van der Waals surface area contributed by atoms with Gasteiger partial charge in [0.2, 0.25) is 0 Å². The van der Waals surface area contributed by atoms with Crippen LogP contribution in [0.5, 0.6) is 0 Å². The Bertz CT molecular complexity index is 1020. The van der Waals surface area contributed by atoms with Crippen molar-refractivity contribution in [1.82, 2.24) is 4.90 Å². The minimum Gasteiger partial charge on any atom is -0.390 e. The van der Waals surface area contributed by atoms with E-state index in [1.165, 1.54) is 23.0 Å². The Labute approximate surface area is 173 Å². The first-order valence-electron chi connectivity index (χ1n) is 9.46. The molecule has 2 aromatic carbocycles. The highest BCUT2D eigenvalue weighted by Gasteiger charge is 2.28. The summed E-state index contributed by atoms with van der Waals surface area (Å²) >= 11 is 1.38. The molecule has 148 valence electrons. The molecule has 4 rings (SSSR count). The Hall–Kier alpha value is -2.99. The molecule has 1 amide bonds. The number of aryl methyl sites for hydroxylation is 1. The number of thiophene rings is 1. The molecule has 0 spiro atoms. The van der Waals surface area contributed by atoms with Gasteiger partial charge in [0, 0.05) is 18.5 Å². The average Bonchev–Trinajstić information content (AvgIpc) is 3.41. The lowest BCUT2D eigenvalue weighted by Crippen LogP contribution is -2.37. The number of hydrogen-bond donors (Lipinski definition) is 0. The van der Waals surface area contributed by atoms with Crippen molar-refractivity contribution in [3.63, 3.8) is 0 Å². The van der Waals surface area contributed by atoms with Gasteiger partial charge in [-0.15, -0.1) is 11.3 Å². The van der Waals surface area contributed by atoms with Crippen LogP contribution in [-0.4, -0.2) is 29.2 Å². The van der Waals surface area contributed by atoms with Gasteiger partial charge in [-0.3, -0.25) is 4.79 Å². The lowest BCUT2D eigenvalue weighted by atomic mass is 10.0. The molecule has 6 heteroatoms. The summed E-state index contributed by atoms with van der Waals surface area (Å²) in [6, 6.07) is 18.3. The highest BCUT2D eigenvalue weighted by Crippen LogP contribution is 2.22. The predicted octanol–water partition coefficient (Wildman–Crippen LogP) is 5.03. The number of carbonyl (C=O) groups is 1. The maximum absolute atomic E-state index is 14.2. The van der Waals surface area contributed by atoms with Crippen LogP contribution in [0.3, 0.4) is 0 Å². The molecule has 1 unspecified atom stereocenters. The van der Waals surface area contributed by atoms with Crippen molar-refractivity contribution < 1.29 is 14.0 Å². The van der Waals surface area contributed by atoms with Crippen molar-refractivity contribution in [2.75, 3.05) is 6.54 Å². The van der Waals surface area contributed by atoms with Crippen LogP contribution in [0.15, 0.2) is 71.2 Å². The molecule has 3 aromatic rings. The van der Waals surface area contributed by atoms with Gasteiger partial charge < -0.3 is 9.74 Å². The van der Waals surface area contributed by atoms with Gasteiger partial charge in [0.15, 0.2) is 6.10 Å². The van der Waals surface area contributed by atoms with Crippen LogP contribution in [0.4, 0.5) is 4.39 Å². The lowest BCUT2D eigenvalue weighted by molar-refractivity contribution is 0.0406. The van der Waals surface area contributed by atoms with E-state index in [1.807, 2.05) is 42.6 Å². The smallest absolute Gasteiger partial charge is 0.264 e. The fourth-order valence-corrected chi connectivity index (χ4v) is 3.99. The zero-order valence-corrected chi connectivity index (χ0v) is 16.9. The Balaban J connectivity index is 1.49. The van der Waals surface area contributed by atoms with Gasteiger partial charge in [-0.2, -0.15) is 0 Å². The van der Waals surface area contributed by atoms with Crippen molar-refractivity contribution in [3.05, 3.63) is 93.4 Å². The summed E-state index contributed by atoms with van der Waals surface area (Å²) in [6.45, 7) is 2.56. The molecule has 0 bridgehead atoms. The third-order valence-electron chi connectivity index (χ3n) is 4.88. The van der Waals surface area contributed by atoms with Crippen LogP contribution in [0, 0.1) is 12.7 Å². The second kappa shape index (κ2) is 8.57. The van der Waals surface area contributed by atoms with E-state index in [-0.39, 0.29) is 24.4 Å². The van der Waals surface area contributed by atoms with E-state index in [0.29, 0.717) is 23.4 Å². The Morgan fingerprint density at radius 1 is 1.17 bits per heavy atom. The van der Waals surface area contributed by atoms with Crippen LogP contribution in [0.25, 0.3) is 0 Å². The van der Waals surface area contributed by atoms with E-state index in [4.69, 9.17) is 4.84 Å². The summed E-state index contributed by atoms with van der Waals surface area (Å²) in [4.78, 5) is 20.9. The minimum absolute atomic E-state index is 0.129.